The van der Waals surface area contributed by atoms with E-state index in [1.807, 2.05) is 0 Å². The average molecular weight is 270 g/mol. The minimum atomic E-state index is -2.06. The molecule has 2 amide bonds. The van der Waals surface area contributed by atoms with E-state index in [0.717, 1.165) is 17.9 Å². The van der Waals surface area contributed by atoms with Crippen molar-refractivity contribution in [2.24, 2.45) is 0 Å². The Hall–Kier alpha value is -2.15. The van der Waals surface area contributed by atoms with Crippen LogP contribution >= 0.6 is 0 Å². The fraction of sp³-hybridized carbons (Fsp3) is 0.333. The topological polar surface area (TPSA) is 89.9 Å². The minimum absolute atomic E-state index is 0.312. The van der Waals surface area contributed by atoms with Gasteiger partial charge in [0.25, 0.3) is 0 Å². The number of aliphatic hydroxyl groups is 1. The molecule has 104 valence electrons. The molecular formula is C12H15FN2O4. The molecule has 1 atom stereocenters. The van der Waals surface area contributed by atoms with Crippen LogP contribution in [-0.2, 0) is 4.79 Å². The van der Waals surface area contributed by atoms with Gasteiger partial charge in [-0.15, -0.1) is 0 Å². The summed E-state index contributed by atoms with van der Waals surface area (Å²) in [7, 11) is 1.40. The number of rotatable bonds is 4. The first-order valence-corrected chi connectivity index (χ1v) is 5.47. The number of amides is 2. The van der Waals surface area contributed by atoms with Crippen molar-refractivity contribution >= 4 is 17.7 Å². The van der Waals surface area contributed by atoms with Gasteiger partial charge in [0.2, 0.25) is 0 Å². The number of nitrogens with one attached hydrogen (secondary N) is 1. The molecule has 0 aliphatic rings. The van der Waals surface area contributed by atoms with Crippen molar-refractivity contribution in [3.8, 4) is 0 Å². The fourth-order valence-corrected chi connectivity index (χ4v) is 1.24. The molecule has 0 bridgehead atoms. The number of anilines is 1. The molecule has 1 rings (SSSR count). The molecule has 0 heterocycles. The van der Waals surface area contributed by atoms with Gasteiger partial charge >= 0.3 is 12.0 Å². The number of aliphatic carboxylic acids is 1. The molecule has 0 aliphatic heterocycles. The lowest BCUT2D eigenvalue weighted by molar-refractivity contribution is -0.155. The maximum absolute atomic E-state index is 13.0. The molecule has 19 heavy (non-hydrogen) atoms. The van der Waals surface area contributed by atoms with Gasteiger partial charge < -0.3 is 15.5 Å². The van der Waals surface area contributed by atoms with Crippen LogP contribution in [0.15, 0.2) is 24.3 Å². The molecule has 7 heteroatoms. The van der Waals surface area contributed by atoms with Gasteiger partial charge in [-0.1, -0.05) is 6.07 Å². The lowest BCUT2D eigenvalue weighted by Crippen LogP contribution is -2.49. The molecule has 0 radical (unpaired) electrons. The second-order valence-electron chi connectivity index (χ2n) is 4.28. The third kappa shape index (κ3) is 3.92. The number of carbonyl (C=O) groups is 2. The Labute approximate surface area is 109 Å². The zero-order valence-corrected chi connectivity index (χ0v) is 10.6. The Balaban J connectivity index is 2.66. The lowest BCUT2D eigenvalue weighted by Gasteiger charge is -2.22. The standard InChI is InChI=1S/C12H15FN2O4/c1-12(19,10(16)17)7-14-11(18)15(2)9-5-3-4-8(13)6-9/h3-6,19H,7H2,1-2H3,(H,14,18)(H,16,17). The molecule has 1 aromatic carbocycles. The van der Waals surface area contributed by atoms with Crippen molar-refractivity contribution in [3.05, 3.63) is 30.1 Å². The summed E-state index contributed by atoms with van der Waals surface area (Å²) in [5.41, 5.74) is -1.74. The number of halogens is 1. The summed E-state index contributed by atoms with van der Waals surface area (Å²) in [6.45, 7) is 0.610. The van der Waals surface area contributed by atoms with E-state index in [1.54, 1.807) is 0 Å². The number of hydrogen-bond acceptors (Lipinski definition) is 3. The fourth-order valence-electron chi connectivity index (χ4n) is 1.24. The van der Waals surface area contributed by atoms with Gasteiger partial charge in [-0.25, -0.2) is 14.0 Å². The van der Waals surface area contributed by atoms with Crippen LogP contribution in [0.4, 0.5) is 14.9 Å². The predicted octanol–water partition coefficient (Wildman–Crippen LogP) is 0.807. The van der Waals surface area contributed by atoms with Gasteiger partial charge in [-0.3, -0.25) is 4.90 Å². The predicted molar refractivity (Wildman–Crippen MR) is 66.5 cm³/mol. The highest BCUT2D eigenvalue weighted by molar-refractivity contribution is 5.91. The molecule has 1 aromatic rings. The number of hydrogen-bond donors (Lipinski definition) is 3. The van der Waals surface area contributed by atoms with Gasteiger partial charge in [0.1, 0.15) is 5.82 Å². The summed E-state index contributed by atoms with van der Waals surface area (Å²) >= 11 is 0. The highest BCUT2D eigenvalue weighted by Gasteiger charge is 2.30. The minimum Gasteiger partial charge on any atom is -0.479 e. The number of benzene rings is 1. The number of urea groups is 1. The quantitative estimate of drug-likeness (QED) is 0.755. The monoisotopic (exact) mass is 270 g/mol. The van der Waals surface area contributed by atoms with Crippen LogP contribution in [0.25, 0.3) is 0 Å². The first-order chi connectivity index (χ1) is 8.74. The van der Waals surface area contributed by atoms with Gasteiger partial charge in [-0.05, 0) is 25.1 Å². The van der Waals surface area contributed by atoms with Crippen LogP contribution in [-0.4, -0.2) is 41.4 Å². The van der Waals surface area contributed by atoms with E-state index in [0.29, 0.717) is 5.69 Å². The maximum Gasteiger partial charge on any atom is 0.337 e. The maximum atomic E-state index is 13.0. The first-order valence-electron chi connectivity index (χ1n) is 5.47. The van der Waals surface area contributed by atoms with Gasteiger partial charge in [0.15, 0.2) is 5.60 Å². The van der Waals surface area contributed by atoms with Crippen LogP contribution in [0, 0.1) is 5.82 Å². The number of carbonyl (C=O) groups excluding carboxylic acids is 1. The Morgan fingerprint density at radius 3 is 2.63 bits per heavy atom. The van der Waals surface area contributed by atoms with Crippen LogP contribution in [0.1, 0.15) is 6.92 Å². The van der Waals surface area contributed by atoms with E-state index < -0.39 is 30.0 Å². The number of carboxylic acid groups (broad SMARTS) is 1. The van der Waals surface area contributed by atoms with E-state index in [4.69, 9.17) is 5.11 Å². The Kier molecular flexibility index (Phi) is 4.44. The number of carboxylic acids is 1. The SMILES string of the molecule is CN(C(=O)NCC(C)(O)C(=O)O)c1cccc(F)c1. The Bertz CT molecular complexity index is 490. The largest absolute Gasteiger partial charge is 0.479 e. The average Bonchev–Trinajstić information content (AvgIpc) is 2.35. The third-order valence-electron chi connectivity index (χ3n) is 2.54. The second kappa shape index (κ2) is 5.66. The third-order valence-corrected chi connectivity index (χ3v) is 2.54. The molecule has 0 spiro atoms. The molecule has 3 N–H and O–H groups in total. The highest BCUT2D eigenvalue weighted by Crippen LogP contribution is 2.14. The summed E-state index contributed by atoms with van der Waals surface area (Å²) in [6, 6.07) is 4.73. The normalized spacial score (nSPS) is 13.5. The zero-order valence-electron chi connectivity index (χ0n) is 10.6. The van der Waals surface area contributed by atoms with E-state index in [2.05, 4.69) is 5.32 Å². The van der Waals surface area contributed by atoms with Crippen molar-refractivity contribution in [3.63, 3.8) is 0 Å². The second-order valence-corrected chi connectivity index (χ2v) is 4.28. The van der Waals surface area contributed by atoms with E-state index in [1.165, 1.54) is 25.2 Å². The molecule has 0 aromatic heterocycles. The lowest BCUT2D eigenvalue weighted by atomic mass is 10.1. The number of nitrogens with zero attached hydrogens (tertiary/aromatic N) is 1. The zero-order chi connectivity index (χ0) is 14.6. The van der Waals surface area contributed by atoms with Crippen molar-refractivity contribution in [2.75, 3.05) is 18.5 Å². The molecule has 0 saturated carbocycles. The van der Waals surface area contributed by atoms with Crippen molar-refractivity contribution < 1.29 is 24.2 Å². The molecule has 0 aliphatic carbocycles. The van der Waals surface area contributed by atoms with Crippen molar-refractivity contribution in [1.82, 2.24) is 5.32 Å². The van der Waals surface area contributed by atoms with E-state index >= 15 is 0 Å². The molecule has 1 unspecified atom stereocenters. The van der Waals surface area contributed by atoms with E-state index in [9.17, 15) is 19.1 Å². The summed E-state index contributed by atoms with van der Waals surface area (Å²) < 4.78 is 13.0. The highest BCUT2D eigenvalue weighted by atomic mass is 19.1. The van der Waals surface area contributed by atoms with Crippen molar-refractivity contribution in [1.29, 1.82) is 0 Å². The molecule has 0 fully saturated rings. The molecule has 6 nitrogen and oxygen atoms in total. The summed E-state index contributed by atoms with van der Waals surface area (Å²) in [6.07, 6.45) is 0. The van der Waals surface area contributed by atoms with Gasteiger partial charge in [-0.2, -0.15) is 0 Å². The van der Waals surface area contributed by atoms with Gasteiger partial charge in [0.05, 0.1) is 6.54 Å². The van der Waals surface area contributed by atoms with Crippen molar-refractivity contribution in [2.45, 2.75) is 12.5 Å². The Morgan fingerprint density at radius 2 is 2.11 bits per heavy atom. The van der Waals surface area contributed by atoms with E-state index in [-0.39, 0.29) is 0 Å². The summed E-state index contributed by atoms with van der Waals surface area (Å²) in [5.74, 6) is -1.93. The smallest absolute Gasteiger partial charge is 0.337 e. The first kappa shape index (κ1) is 14.9. The Morgan fingerprint density at radius 1 is 1.47 bits per heavy atom. The van der Waals surface area contributed by atoms with Crippen LogP contribution < -0.4 is 10.2 Å². The molecule has 0 saturated heterocycles. The van der Waals surface area contributed by atoms with Crippen LogP contribution in [0.3, 0.4) is 0 Å². The summed E-state index contributed by atoms with van der Waals surface area (Å²) in [4.78, 5) is 23.5. The summed E-state index contributed by atoms with van der Waals surface area (Å²) in [5, 5.41) is 20.4. The van der Waals surface area contributed by atoms with Crippen LogP contribution in [0.2, 0.25) is 0 Å². The molecular weight excluding hydrogens is 255 g/mol. The van der Waals surface area contributed by atoms with Gasteiger partial charge in [0, 0.05) is 12.7 Å². The van der Waals surface area contributed by atoms with Crippen LogP contribution in [0.5, 0.6) is 0 Å².